The van der Waals surface area contributed by atoms with Gasteiger partial charge in [0, 0.05) is 5.69 Å². The second-order valence-corrected chi connectivity index (χ2v) is 4.69. The van der Waals surface area contributed by atoms with E-state index in [1.54, 1.807) is 12.1 Å². The maximum atomic E-state index is 12.2. The first-order valence-electron chi connectivity index (χ1n) is 5.96. The lowest BCUT2D eigenvalue weighted by molar-refractivity contribution is -0.139. The Hall–Kier alpha value is -1.88. The van der Waals surface area contributed by atoms with E-state index in [0.29, 0.717) is 18.5 Å². The summed E-state index contributed by atoms with van der Waals surface area (Å²) in [6, 6.07) is 6.49. The third-order valence-corrected chi connectivity index (χ3v) is 3.64. The van der Waals surface area contributed by atoms with E-state index in [4.69, 9.17) is 11.5 Å². The van der Waals surface area contributed by atoms with Crippen LogP contribution in [0.3, 0.4) is 0 Å². The first kappa shape index (κ1) is 12.6. The summed E-state index contributed by atoms with van der Waals surface area (Å²) in [7, 11) is 0. The summed E-state index contributed by atoms with van der Waals surface area (Å²) in [5.74, 6) is -0.680. The van der Waals surface area contributed by atoms with Gasteiger partial charge in [-0.3, -0.25) is 14.9 Å². The Morgan fingerprint density at radius 3 is 2.50 bits per heavy atom. The van der Waals surface area contributed by atoms with Crippen molar-refractivity contribution >= 4 is 17.5 Å². The van der Waals surface area contributed by atoms with Crippen molar-refractivity contribution in [2.45, 2.75) is 31.2 Å². The van der Waals surface area contributed by atoms with E-state index in [0.717, 1.165) is 5.56 Å². The molecule has 0 aromatic heterocycles. The van der Waals surface area contributed by atoms with Crippen LogP contribution in [0, 0.1) is 0 Å². The van der Waals surface area contributed by atoms with Crippen molar-refractivity contribution in [1.82, 2.24) is 5.32 Å². The summed E-state index contributed by atoms with van der Waals surface area (Å²) < 4.78 is 0. The van der Waals surface area contributed by atoms with E-state index in [1.807, 2.05) is 19.1 Å². The van der Waals surface area contributed by atoms with Crippen molar-refractivity contribution in [1.29, 1.82) is 0 Å². The highest BCUT2D eigenvalue weighted by atomic mass is 16.2. The van der Waals surface area contributed by atoms with Crippen molar-refractivity contribution in [3.63, 3.8) is 0 Å². The molecule has 1 aliphatic heterocycles. The molecule has 1 fully saturated rings. The van der Waals surface area contributed by atoms with Gasteiger partial charge in [-0.2, -0.15) is 0 Å². The number of nitrogens with one attached hydrogen (secondary N) is 1. The van der Waals surface area contributed by atoms with Gasteiger partial charge < -0.3 is 11.5 Å². The Morgan fingerprint density at radius 1 is 1.33 bits per heavy atom. The lowest BCUT2D eigenvalue weighted by atomic mass is 9.70. The van der Waals surface area contributed by atoms with Gasteiger partial charge in [-0.15, -0.1) is 0 Å². The Labute approximate surface area is 106 Å². The average Bonchev–Trinajstić information content (AvgIpc) is 2.35. The zero-order valence-corrected chi connectivity index (χ0v) is 10.3. The minimum atomic E-state index is -0.735. The third-order valence-electron chi connectivity index (χ3n) is 3.64. The number of hydrogen-bond donors (Lipinski definition) is 3. The first-order valence-corrected chi connectivity index (χ1v) is 5.96. The molecule has 1 aromatic carbocycles. The summed E-state index contributed by atoms with van der Waals surface area (Å²) >= 11 is 0. The molecule has 1 aliphatic rings. The van der Waals surface area contributed by atoms with Crippen LogP contribution in [0.1, 0.15) is 25.3 Å². The SMILES string of the molecule is CC[C@@]1(c2ccc(N)cc2)C[C@H](N)C(=O)NC1=O. The number of imide groups is 1. The van der Waals surface area contributed by atoms with Crippen LogP contribution in [-0.2, 0) is 15.0 Å². The van der Waals surface area contributed by atoms with Crippen LogP contribution < -0.4 is 16.8 Å². The van der Waals surface area contributed by atoms with Gasteiger partial charge in [0.25, 0.3) is 0 Å². The van der Waals surface area contributed by atoms with Crippen molar-refractivity contribution in [2.75, 3.05) is 5.73 Å². The molecule has 18 heavy (non-hydrogen) atoms. The van der Waals surface area contributed by atoms with Gasteiger partial charge in [-0.05, 0) is 30.5 Å². The van der Waals surface area contributed by atoms with E-state index >= 15 is 0 Å². The summed E-state index contributed by atoms with van der Waals surface area (Å²) in [5.41, 5.74) is 12.2. The molecule has 0 saturated carbocycles. The molecular weight excluding hydrogens is 230 g/mol. The van der Waals surface area contributed by atoms with Gasteiger partial charge in [-0.25, -0.2) is 0 Å². The van der Waals surface area contributed by atoms with Crippen LogP contribution in [0.15, 0.2) is 24.3 Å². The fourth-order valence-electron chi connectivity index (χ4n) is 2.45. The van der Waals surface area contributed by atoms with E-state index in [9.17, 15) is 9.59 Å². The Morgan fingerprint density at radius 2 is 1.94 bits per heavy atom. The first-order chi connectivity index (χ1) is 8.49. The largest absolute Gasteiger partial charge is 0.399 e. The Balaban J connectivity index is 2.44. The summed E-state index contributed by atoms with van der Waals surface area (Å²) in [4.78, 5) is 23.6. The Kier molecular flexibility index (Phi) is 3.09. The monoisotopic (exact) mass is 247 g/mol. The van der Waals surface area contributed by atoms with Crippen molar-refractivity contribution in [3.05, 3.63) is 29.8 Å². The molecule has 0 bridgehead atoms. The van der Waals surface area contributed by atoms with Crippen LogP contribution >= 0.6 is 0 Å². The highest BCUT2D eigenvalue weighted by molar-refractivity contribution is 6.05. The highest BCUT2D eigenvalue weighted by Gasteiger charge is 2.45. The number of carbonyl (C=O) groups excluding carboxylic acids is 2. The van der Waals surface area contributed by atoms with Crippen molar-refractivity contribution in [3.8, 4) is 0 Å². The molecule has 1 heterocycles. The van der Waals surface area contributed by atoms with Crippen LogP contribution in [0.25, 0.3) is 0 Å². The molecule has 5 nitrogen and oxygen atoms in total. The Bertz CT molecular complexity index is 484. The zero-order valence-electron chi connectivity index (χ0n) is 10.3. The third kappa shape index (κ3) is 1.86. The molecule has 1 saturated heterocycles. The molecule has 0 spiro atoms. The maximum Gasteiger partial charge on any atom is 0.243 e. The molecule has 2 rings (SSSR count). The van der Waals surface area contributed by atoms with Gasteiger partial charge in [0.15, 0.2) is 0 Å². The minimum absolute atomic E-state index is 0.276. The number of anilines is 1. The highest BCUT2D eigenvalue weighted by Crippen LogP contribution is 2.35. The molecule has 0 radical (unpaired) electrons. The maximum absolute atomic E-state index is 12.2. The minimum Gasteiger partial charge on any atom is -0.399 e. The number of benzene rings is 1. The molecule has 96 valence electrons. The number of nitrogen functional groups attached to an aromatic ring is 1. The summed E-state index contributed by atoms with van der Waals surface area (Å²) in [6.07, 6.45) is 0.918. The summed E-state index contributed by atoms with van der Waals surface area (Å²) in [5, 5.41) is 2.35. The number of rotatable bonds is 2. The van der Waals surface area contributed by atoms with Crippen LogP contribution in [-0.4, -0.2) is 17.9 Å². The predicted molar refractivity (Wildman–Crippen MR) is 68.6 cm³/mol. The second-order valence-electron chi connectivity index (χ2n) is 4.69. The second kappa shape index (κ2) is 4.42. The molecule has 2 amide bonds. The molecule has 0 unspecified atom stereocenters. The van der Waals surface area contributed by atoms with Crippen molar-refractivity contribution in [2.24, 2.45) is 5.73 Å². The standard InChI is InChI=1S/C13H17N3O2/c1-2-13(8-3-5-9(14)6-4-8)7-10(15)11(17)16-12(13)18/h3-6,10H,2,7,14-15H2,1H3,(H,16,17,18)/t10-,13-/m0/s1. The zero-order chi connectivity index (χ0) is 13.3. The van der Waals surface area contributed by atoms with Gasteiger partial charge in [0.1, 0.15) is 0 Å². The average molecular weight is 247 g/mol. The van der Waals surface area contributed by atoms with Crippen LogP contribution in [0.4, 0.5) is 5.69 Å². The van der Waals surface area contributed by atoms with E-state index in [-0.39, 0.29) is 5.91 Å². The molecule has 5 heteroatoms. The lowest BCUT2D eigenvalue weighted by Crippen LogP contribution is -2.59. The van der Waals surface area contributed by atoms with Crippen LogP contribution in [0.5, 0.6) is 0 Å². The van der Waals surface area contributed by atoms with Crippen molar-refractivity contribution < 1.29 is 9.59 Å². The van der Waals surface area contributed by atoms with Gasteiger partial charge in [0.2, 0.25) is 11.8 Å². The number of carbonyl (C=O) groups is 2. The fraction of sp³-hybridized carbons (Fsp3) is 0.385. The van der Waals surface area contributed by atoms with Gasteiger partial charge in [0.05, 0.1) is 11.5 Å². The lowest BCUT2D eigenvalue weighted by Gasteiger charge is -2.37. The number of piperidine rings is 1. The van der Waals surface area contributed by atoms with Gasteiger partial charge >= 0.3 is 0 Å². The molecule has 5 N–H and O–H groups in total. The van der Waals surface area contributed by atoms with E-state index < -0.39 is 17.4 Å². The molecular formula is C13H17N3O2. The number of nitrogens with two attached hydrogens (primary N) is 2. The number of hydrogen-bond acceptors (Lipinski definition) is 4. The molecule has 2 atom stereocenters. The normalized spacial score (nSPS) is 28.0. The molecule has 0 aliphatic carbocycles. The smallest absolute Gasteiger partial charge is 0.243 e. The number of amides is 2. The quantitative estimate of drug-likeness (QED) is 0.516. The summed E-state index contributed by atoms with van der Waals surface area (Å²) in [6.45, 7) is 1.92. The van der Waals surface area contributed by atoms with E-state index in [1.165, 1.54) is 0 Å². The predicted octanol–water partition coefficient (Wildman–Crippen LogP) is 0.290. The topological polar surface area (TPSA) is 98.2 Å². The van der Waals surface area contributed by atoms with Crippen LogP contribution in [0.2, 0.25) is 0 Å². The fourth-order valence-corrected chi connectivity index (χ4v) is 2.45. The van der Waals surface area contributed by atoms with E-state index in [2.05, 4.69) is 5.32 Å². The molecule has 1 aromatic rings. The van der Waals surface area contributed by atoms with Gasteiger partial charge in [-0.1, -0.05) is 19.1 Å².